The van der Waals surface area contributed by atoms with Gasteiger partial charge in [-0.1, -0.05) is 0 Å². The maximum atomic E-state index is 12.4. The van der Waals surface area contributed by atoms with Crippen molar-refractivity contribution in [3.63, 3.8) is 0 Å². The van der Waals surface area contributed by atoms with E-state index in [4.69, 9.17) is 0 Å². The minimum absolute atomic E-state index is 0.147. The Kier molecular flexibility index (Phi) is 4.42. The zero-order valence-corrected chi connectivity index (χ0v) is 13.8. The van der Waals surface area contributed by atoms with Gasteiger partial charge < -0.3 is 14.7 Å². The van der Waals surface area contributed by atoms with E-state index in [2.05, 4.69) is 14.9 Å². The van der Waals surface area contributed by atoms with Gasteiger partial charge in [-0.05, 0) is 25.3 Å². The lowest BCUT2D eigenvalue weighted by Gasteiger charge is -2.37. The summed E-state index contributed by atoms with van der Waals surface area (Å²) in [6, 6.07) is 2.17. The van der Waals surface area contributed by atoms with E-state index in [1.165, 1.54) is 0 Å². The molecule has 1 aliphatic heterocycles. The van der Waals surface area contributed by atoms with Crippen LogP contribution >= 0.6 is 11.3 Å². The first-order valence-corrected chi connectivity index (χ1v) is 8.59. The molecule has 7 heteroatoms. The summed E-state index contributed by atoms with van der Waals surface area (Å²) in [6.07, 6.45) is 1.62. The third-order valence-corrected chi connectivity index (χ3v) is 5.01. The molecule has 3 heterocycles. The van der Waals surface area contributed by atoms with E-state index in [1.807, 2.05) is 35.1 Å². The topological polar surface area (TPSA) is 52.6 Å². The van der Waals surface area contributed by atoms with Crippen molar-refractivity contribution in [1.29, 1.82) is 0 Å². The molecule has 0 aliphatic carbocycles. The Morgan fingerprint density at radius 3 is 2.64 bits per heavy atom. The van der Waals surface area contributed by atoms with Crippen LogP contribution in [0.5, 0.6) is 0 Å². The Morgan fingerprint density at radius 2 is 1.95 bits per heavy atom. The number of aromatic nitrogens is 2. The van der Waals surface area contributed by atoms with E-state index in [0.717, 1.165) is 55.3 Å². The molecule has 2 amide bonds. The predicted molar refractivity (Wildman–Crippen MR) is 89.5 cm³/mol. The van der Waals surface area contributed by atoms with Crippen molar-refractivity contribution in [2.75, 3.05) is 44.2 Å². The third-order valence-electron chi connectivity index (χ3n) is 4.11. The summed E-state index contributed by atoms with van der Waals surface area (Å²) in [5.74, 6) is 0.995. The van der Waals surface area contributed by atoms with Crippen LogP contribution in [0.2, 0.25) is 0 Å². The predicted octanol–water partition coefficient (Wildman–Crippen LogP) is 2.28. The number of nitrogens with zero attached hydrogens (tertiary/aromatic N) is 5. The third kappa shape index (κ3) is 2.72. The highest BCUT2D eigenvalue weighted by molar-refractivity contribution is 7.17. The maximum Gasteiger partial charge on any atom is 0.320 e. The van der Waals surface area contributed by atoms with Gasteiger partial charge in [0.1, 0.15) is 12.1 Å². The van der Waals surface area contributed by atoms with Gasteiger partial charge >= 0.3 is 6.03 Å². The van der Waals surface area contributed by atoms with Crippen LogP contribution in [0.3, 0.4) is 0 Å². The molecule has 1 aliphatic rings. The monoisotopic (exact) mass is 319 g/mol. The number of rotatable bonds is 3. The first-order chi connectivity index (χ1) is 10.7. The number of hydrogen-bond acceptors (Lipinski definition) is 5. The summed E-state index contributed by atoms with van der Waals surface area (Å²) >= 11 is 1.67. The zero-order chi connectivity index (χ0) is 15.5. The number of carbonyl (C=O) groups excluding carboxylic acids is 1. The van der Waals surface area contributed by atoms with Gasteiger partial charge in [-0.25, -0.2) is 14.8 Å². The number of fused-ring (bicyclic) bond motifs is 1. The molecule has 0 unspecified atom stereocenters. The lowest BCUT2D eigenvalue weighted by Crippen LogP contribution is -2.53. The van der Waals surface area contributed by atoms with Crippen molar-refractivity contribution in [3.8, 4) is 0 Å². The minimum Gasteiger partial charge on any atom is -0.352 e. The van der Waals surface area contributed by atoms with Gasteiger partial charge in [-0.15, -0.1) is 11.3 Å². The molecule has 1 saturated heterocycles. The fourth-order valence-corrected chi connectivity index (χ4v) is 3.67. The molecule has 0 N–H and O–H groups in total. The molecule has 0 bridgehead atoms. The number of hydrogen-bond donors (Lipinski definition) is 0. The number of piperazine rings is 1. The molecule has 0 aromatic carbocycles. The van der Waals surface area contributed by atoms with E-state index in [1.54, 1.807) is 17.7 Å². The van der Waals surface area contributed by atoms with Crippen LogP contribution in [0.15, 0.2) is 17.8 Å². The van der Waals surface area contributed by atoms with Gasteiger partial charge in [0.05, 0.1) is 10.2 Å². The second kappa shape index (κ2) is 6.48. The van der Waals surface area contributed by atoms with Gasteiger partial charge in [0.25, 0.3) is 0 Å². The van der Waals surface area contributed by atoms with Crippen LogP contribution in [0.1, 0.15) is 13.8 Å². The van der Waals surface area contributed by atoms with Crippen LogP contribution in [0.4, 0.5) is 10.6 Å². The number of thiophene rings is 1. The van der Waals surface area contributed by atoms with Gasteiger partial charge in [0, 0.05) is 39.3 Å². The van der Waals surface area contributed by atoms with Crippen LogP contribution in [-0.4, -0.2) is 65.1 Å². The molecule has 3 rings (SSSR count). The Labute approximate surface area is 134 Å². The first kappa shape index (κ1) is 15.0. The minimum atomic E-state index is 0.147. The molecule has 0 atom stereocenters. The molecule has 2 aromatic heterocycles. The van der Waals surface area contributed by atoms with Crippen molar-refractivity contribution in [2.24, 2.45) is 0 Å². The lowest BCUT2D eigenvalue weighted by molar-refractivity contribution is 0.154. The average Bonchev–Trinajstić information content (AvgIpc) is 3.04. The van der Waals surface area contributed by atoms with E-state index in [0.29, 0.717) is 0 Å². The van der Waals surface area contributed by atoms with Gasteiger partial charge in [0.2, 0.25) is 0 Å². The lowest BCUT2D eigenvalue weighted by atomic mass is 10.3. The molecule has 6 nitrogen and oxygen atoms in total. The summed E-state index contributed by atoms with van der Waals surface area (Å²) in [6.45, 7) is 8.68. The molecule has 1 fully saturated rings. The molecule has 0 radical (unpaired) electrons. The Hall–Kier alpha value is -1.89. The fraction of sp³-hybridized carbons (Fsp3) is 0.533. The average molecular weight is 319 g/mol. The molecule has 22 heavy (non-hydrogen) atoms. The Morgan fingerprint density at radius 1 is 1.23 bits per heavy atom. The van der Waals surface area contributed by atoms with Crippen molar-refractivity contribution in [1.82, 2.24) is 19.8 Å². The van der Waals surface area contributed by atoms with Gasteiger partial charge in [-0.2, -0.15) is 0 Å². The Balaban J connectivity index is 1.69. The molecular formula is C15H21N5OS. The molecule has 0 spiro atoms. The molecular weight excluding hydrogens is 298 g/mol. The van der Waals surface area contributed by atoms with E-state index < -0.39 is 0 Å². The number of urea groups is 1. The summed E-state index contributed by atoms with van der Waals surface area (Å²) in [4.78, 5) is 27.2. The smallest absolute Gasteiger partial charge is 0.320 e. The van der Waals surface area contributed by atoms with E-state index in [9.17, 15) is 4.79 Å². The second-order valence-electron chi connectivity index (χ2n) is 5.26. The van der Waals surface area contributed by atoms with Crippen LogP contribution in [0.25, 0.3) is 10.2 Å². The van der Waals surface area contributed by atoms with Crippen molar-refractivity contribution in [2.45, 2.75) is 13.8 Å². The molecule has 118 valence electrons. The van der Waals surface area contributed by atoms with Crippen LogP contribution in [-0.2, 0) is 0 Å². The highest BCUT2D eigenvalue weighted by Crippen LogP contribution is 2.28. The standard InChI is InChI=1S/C15H21N5OS/c1-3-18(4-2)15(21)20-8-6-19(7-9-20)14-13-12(5-10-22-13)16-11-17-14/h5,10-11H,3-4,6-9H2,1-2H3. The summed E-state index contributed by atoms with van der Waals surface area (Å²) in [7, 11) is 0. The zero-order valence-electron chi connectivity index (χ0n) is 13.0. The van der Waals surface area contributed by atoms with Crippen molar-refractivity contribution >= 4 is 33.4 Å². The highest BCUT2D eigenvalue weighted by Gasteiger charge is 2.25. The maximum absolute atomic E-state index is 12.4. The SMILES string of the molecule is CCN(CC)C(=O)N1CCN(c2ncnc3ccsc23)CC1. The van der Waals surface area contributed by atoms with E-state index in [-0.39, 0.29) is 6.03 Å². The number of carbonyl (C=O) groups is 1. The van der Waals surface area contributed by atoms with Crippen molar-refractivity contribution in [3.05, 3.63) is 17.8 Å². The second-order valence-corrected chi connectivity index (χ2v) is 6.18. The first-order valence-electron chi connectivity index (χ1n) is 7.71. The summed E-state index contributed by atoms with van der Waals surface area (Å²) in [5, 5.41) is 2.04. The number of anilines is 1. The normalized spacial score (nSPS) is 15.4. The van der Waals surface area contributed by atoms with Gasteiger partial charge in [0.15, 0.2) is 0 Å². The highest BCUT2D eigenvalue weighted by atomic mass is 32.1. The van der Waals surface area contributed by atoms with E-state index >= 15 is 0 Å². The number of amides is 2. The summed E-state index contributed by atoms with van der Waals surface area (Å²) < 4.78 is 1.13. The fourth-order valence-electron chi connectivity index (χ4n) is 2.80. The summed E-state index contributed by atoms with van der Waals surface area (Å²) in [5.41, 5.74) is 0.997. The Bertz CT molecular complexity index is 646. The molecule has 0 saturated carbocycles. The quantitative estimate of drug-likeness (QED) is 0.871. The van der Waals surface area contributed by atoms with Crippen LogP contribution < -0.4 is 4.90 Å². The molecule has 2 aromatic rings. The van der Waals surface area contributed by atoms with Gasteiger partial charge in [-0.3, -0.25) is 0 Å². The van der Waals surface area contributed by atoms with Crippen molar-refractivity contribution < 1.29 is 4.79 Å². The van der Waals surface area contributed by atoms with Crippen LogP contribution in [0, 0.1) is 0 Å². The largest absolute Gasteiger partial charge is 0.352 e.